The first-order valence-corrected chi connectivity index (χ1v) is 13.3. The fraction of sp³-hybridized carbons (Fsp3) is 0.286. The number of aryl methyl sites for hydroxylation is 2. The van der Waals surface area contributed by atoms with Crippen LogP contribution in [-0.2, 0) is 26.2 Å². The third kappa shape index (κ3) is 6.31. The van der Waals surface area contributed by atoms with Crippen LogP contribution in [-0.4, -0.2) is 44.8 Å². The average Bonchev–Trinajstić information content (AvgIpc) is 2.87. The van der Waals surface area contributed by atoms with Crippen molar-refractivity contribution in [2.24, 2.45) is 0 Å². The van der Waals surface area contributed by atoms with E-state index in [1.54, 1.807) is 42.5 Å². The molecule has 1 atom stereocenters. The molecule has 2 amide bonds. The Morgan fingerprint density at radius 3 is 2.14 bits per heavy atom. The van der Waals surface area contributed by atoms with E-state index >= 15 is 0 Å². The number of hydrogen-bond donors (Lipinski definition) is 1. The molecule has 1 N–H and O–H groups in total. The number of benzene rings is 3. The van der Waals surface area contributed by atoms with Crippen molar-refractivity contribution in [2.75, 3.05) is 17.9 Å². The van der Waals surface area contributed by atoms with Gasteiger partial charge in [0, 0.05) is 13.6 Å². The van der Waals surface area contributed by atoms with Crippen molar-refractivity contribution in [1.82, 2.24) is 10.2 Å². The first kappa shape index (κ1) is 26.9. The summed E-state index contributed by atoms with van der Waals surface area (Å²) in [6.45, 7) is 5.40. The molecule has 0 saturated carbocycles. The highest BCUT2D eigenvalue weighted by molar-refractivity contribution is 7.92. The lowest BCUT2D eigenvalue weighted by atomic mass is 10.1. The second-order valence-corrected chi connectivity index (χ2v) is 10.6. The molecule has 0 radical (unpaired) electrons. The third-order valence-corrected chi connectivity index (χ3v) is 7.79. The molecule has 0 aliphatic heterocycles. The van der Waals surface area contributed by atoms with Gasteiger partial charge in [-0.3, -0.25) is 13.9 Å². The molecule has 0 fully saturated rings. The number of hydrogen-bond acceptors (Lipinski definition) is 4. The van der Waals surface area contributed by atoms with Crippen molar-refractivity contribution in [1.29, 1.82) is 0 Å². The van der Waals surface area contributed by atoms with Crippen molar-refractivity contribution in [3.8, 4) is 0 Å². The largest absolute Gasteiger partial charge is 0.357 e. The van der Waals surface area contributed by atoms with Gasteiger partial charge in [-0.2, -0.15) is 0 Å². The number of rotatable bonds is 10. The third-order valence-electron chi connectivity index (χ3n) is 6.00. The Labute approximate surface area is 213 Å². The minimum Gasteiger partial charge on any atom is -0.357 e. The summed E-state index contributed by atoms with van der Waals surface area (Å²) in [7, 11) is -2.53. The van der Waals surface area contributed by atoms with E-state index < -0.39 is 28.5 Å². The van der Waals surface area contributed by atoms with Crippen LogP contribution < -0.4 is 9.62 Å². The Hall–Kier alpha value is -3.65. The maximum absolute atomic E-state index is 13.8. The van der Waals surface area contributed by atoms with Crippen molar-refractivity contribution in [2.45, 2.75) is 44.7 Å². The highest BCUT2D eigenvalue weighted by Crippen LogP contribution is 2.25. The molecule has 0 spiro atoms. The van der Waals surface area contributed by atoms with Crippen LogP contribution in [0.25, 0.3) is 0 Å². The second-order valence-electron chi connectivity index (χ2n) is 8.71. The SMILES string of the molecule is CC[C@@H](C(=O)NC)N(Cc1cccc(C)c1)C(=O)CN(c1ccccc1)S(=O)(=O)c1ccc(C)cc1. The fourth-order valence-corrected chi connectivity index (χ4v) is 5.47. The summed E-state index contributed by atoms with van der Waals surface area (Å²) in [5.74, 6) is -0.766. The van der Waals surface area contributed by atoms with Gasteiger partial charge < -0.3 is 10.2 Å². The lowest BCUT2D eigenvalue weighted by Crippen LogP contribution is -2.51. The monoisotopic (exact) mass is 507 g/mol. The minimum atomic E-state index is -4.05. The van der Waals surface area contributed by atoms with E-state index in [9.17, 15) is 18.0 Å². The predicted molar refractivity (Wildman–Crippen MR) is 142 cm³/mol. The molecule has 0 heterocycles. The van der Waals surface area contributed by atoms with E-state index in [0.717, 1.165) is 21.0 Å². The summed E-state index contributed by atoms with van der Waals surface area (Å²) in [6.07, 6.45) is 0.382. The van der Waals surface area contributed by atoms with Gasteiger partial charge in [0.2, 0.25) is 11.8 Å². The standard InChI is InChI=1S/C28H33N3O4S/c1-5-26(28(33)29-4)30(19-23-11-9-10-22(3)18-23)27(32)20-31(24-12-7-6-8-13-24)36(34,35)25-16-14-21(2)15-17-25/h6-18,26H,5,19-20H2,1-4H3,(H,29,33)/t26-/m0/s1. The van der Waals surface area contributed by atoms with Crippen LogP contribution in [0.3, 0.4) is 0 Å². The predicted octanol–water partition coefficient (Wildman–Crippen LogP) is 4.05. The van der Waals surface area contributed by atoms with Crippen LogP contribution in [0.1, 0.15) is 30.0 Å². The van der Waals surface area contributed by atoms with Crippen molar-refractivity contribution >= 4 is 27.5 Å². The van der Waals surface area contributed by atoms with Crippen molar-refractivity contribution in [3.05, 3.63) is 95.6 Å². The van der Waals surface area contributed by atoms with Gasteiger partial charge in [-0.25, -0.2) is 8.42 Å². The van der Waals surface area contributed by atoms with Gasteiger partial charge in [-0.1, -0.05) is 72.6 Å². The topological polar surface area (TPSA) is 86.8 Å². The van der Waals surface area contributed by atoms with Crippen LogP contribution in [0, 0.1) is 13.8 Å². The van der Waals surface area contributed by atoms with E-state index in [1.165, 1.54) is 24.1 Å². The number of sulfonamides is 1. The number of carbonyl (C=O) groups is 2. The molecule has 0 aromatic heterocycles. The molecule has 0 aliphatic carbocycles. The smallest absolute Gasteiger partial charge is 0.264 e. The maximum atomic E-state index is 13.8. The second kappa shape index (κ2) is 11.9. The van der Waals surface area contributed by atoms with Crippen LogP contribution in [0.5, 0.6) is 0 Å². The summed E-state index contributed by atoms with van der Waals surface area (Å²) in [4.78, 5) is 28.1. The first-order valence-electron chi connectivity index (χ1n) is 11.9. The zero-order valence-electron chi connectivity index (χ0n) is 21.1. The summed E-state index contributed by atoms with van der Waals surface area (Å²) in [5, 5.41) is 2.63. The van der Waals surface area contributed by atoms with Gasteiger partial charge in [0.05, 0.1) is 10.6 Å². The molecule has 36 heavy (non-hydrogen) atoms. The fourth-order valence-electron chi connectivity index (χ4n) is 4.05. The summed E-state index contributed by atoms with van der Waals surface area (Å²) < 4.78 is 28.5. The van der Waals surface area contributed by atoms with E-state index in [0.29, 0.717) is 12.1 Å². The molecular formula is C28H33N3O4S. The molecule has 8 heteroatoms. The van der Waals surface area contributed by atoms with E-state index in [1.807, 2.05) is 45.0 Å². The van der Waals surface area contributed by atoms with Crippen LogP contribution in [0.4, 0.5) is 5.69 Å². The number of amides is 2. The molecule has 0 unspecified atom stereocenters. The Bertz CT molecular complexity index is 1290. The van der Waals surface area contributed by atoms with E-state index in [-0.39, 0.29) is 17.3 Å². The maximum Gasteiger partial charge on any atom is 0.264 e. The molecule has 0 bridgehead atoms. The molecular weight excluding hydrogens is 474 g/mol. The number of likely N-dealkylation sites (N-methyl/N-ethyl adjacent to an activating group) is 1. The van der Waals surface area contributed by atoms with E-state index in [4.69, 9.17) is 0 Å². The molecule has 7 nitrogen and oxygen atoms in total. The number of para-hydroxylation sites is 1. The lowest BCUT2D eigenvalue weighted by Gasteiger charge is -2.33. The molecule has 3 aromatic rings. The average molecular weight is 508 g/mol. The highest BCUT2D eigenvalue weighted by Gasteiger charge is 2.33. The summed E-state index contributed by atoms with van der Waals surface area (Å²) in [6, 6.07) is 22.0. The highest BCUT2D eigenvalue weighted by atomic mass is 32.2. The number of nitrogens with one attached hydrogen (secondary N) is 1. The Kier molecular flexibility index (Phi) is 8.88. The van der Waals surface area contributed by atoms with E-state index in [2.05, 4.69) is 5.32 Å². The molecule has 3 rings (SSSR count). The van der Waals surface area contributed by atoms with Gasteiger partial charge in [-0.05, 0) is 50.1 Å². The number of nitrogens with zero attached hydrogens (tertiary/aromatic N) is 2. The Balaban J connectivity index is 2.03. The van der Waals surface area contributed by atoms with Gasteiger partial charge in [0.1, 0.15) is 12.6 Å². The zero-order chi connectivity index (χ0) is 26.3. The first-order chi connectivity index (χ1) is 17.2. The normalized spacial score (nSPS) is 12.0. The summed E-state index contributed by atoms with van der Waals surface area (Å²) in [5.41, 5.74) is 3.19. The van der Waals surface area contributed by atoms with Crippen LogP contribution in [0.15, 0.2) is 83.8 Å². The van der Waals surface area contributed by atoms with Gasteiger partial charge >= 0.3 is 0 Å². The summed E-state index contributed by atoms with van der Waals surface area (Å²) >= 11 is 0. The molecule has 190 valence electrons. The quantitative estimate of drug-likeness (QED) is 0.449. The van der Waals surface area contributed by atoms with Gasteiger partial charge in [0.15, 0.2) is 0 Å². The van der Waals surface area contributed by atoms with Gasteiger partial charge in [0.25, 0.3) is 10.0 Å². The number of anilines is 1. The minimum absolute atomic E-state index is 0.0910. The number of carbonyl (C=O) groups excluding carboxylic acids is 2. The molecule has 0 aliphatic rings. The molecule has 0 saturated heterocycles. The zero-order valence-corrected chi connectivity index (χ0v) is 22.0. The van der Waals surface area contributed by atoms with Crippen LogP contribution >= 0.6 is 0 Å². The Morgan fingerprint density at radius 2 is 1.56 bits per heavy atom. The van der Waals surface area contributed by atoms with Crippen LogP contribution in [0.2, 0.25) is 0 Å². The van der Waals surface area contributed by atoms with Crippen molar-refractivity contribution < 1.29 is 18.0 Å². The molecule has 3 aromatic carbocycles. The van der Waals surface area contributed by atoms with Gasteiger partial charge in [-0.15, -0.1) is 0 Å². The van der Waals surface area contributed by atoms with Crippen molar-refractivity contribution in [3.63, 3.8) is 0 Å². The Morgan fingerprint density at radius 1 is 0.889 bits per heavy atom. The lowest BCUT2D eigenvalue weighted by molar-refractivity contribution is -0.140.